The van der Waals surface area contributed by atoms with Gasteiger partial charge in [0.1, 0.15) is 0 Å². The molecule has 0 heterocycles. The molecule has 0 atom stereocenters. The van der Waals surface area contributed by atoms with Crippen LogP contribution in [0.2, 0.25) is 0 Å². The van der Waals surface area contributed by atoms with Crippen LogP contribution in [0, 0.1) is 5.92 Å². The van der Waals surface area contributed by atoms with Gasteiger partial charge in [0, 0.05) is 0 Å². The molecule has 0 radical (unpaired) electrons. The van der Waals surface area contributed by atoms with Crippen LogP contribution >= 0.6 is 0 Å². The van der Waals surface area contributed by atoms with Gasteiger partial charge in [-0.3, -0.25) is 0 Å². The molecule has 1 rings (SSSR count). The van der Waals surface area contributed by atoms with Crippen molar-refractivity contribution in [2.75, 3.05) is 0 Å². The minimum absolute atomic E-state index is 0. The second kappa shape index (κ2) is 4.95. The van der Waals surface area contributed by atoms with Crippen molar-refractivity contribution in [3.8, 4) is 0 Å². The Balaban J connectivity index is 0.000001000. The Hall–Kier alpha value is -0.780. The zero-order valence-corrected chi connectivity index (χ0v) is 6.67. The molecule has 0 saturated heterocycles. The molecule has 1 aromatic carbocycles. The number of hydrogen-bond donors (Lipinski definition) is 0. The van der Waals surface area contributed by atoms with Crippen LogP contribution in [0.5, 0.6) is 0 Å². The lowest BCUT2D eigenvalue weighted by Crippen LogP contribution is -1.92. The molecule has 0 N–H and O–H groups in total. The monoisotopic (exact) mass is 150 g/mol. The Bertz CT molecular complexity index is 174. The Morgan fingerprint density at radius 1 is 1.09 bits per heavy atom. The standard InChI is InChI=1S/C10H14.CH4/c1-9(2)8-10-6-4-3-5-7-10;/h3-7,9H,8H2,1-2H3;1H4. The molecule has 0 spiro atoms. The van der Waals surface area contributed by atoms with Crippen molar-refractivity contribution in [3.63, 3.8) is 0 Å². The maximum atomic E-state index is 2.24. The quantitative estimate of drug-likeness (QED) is 0.605. The lowest BCUT2D eigenvalue weighted by molar-refractivity contribution is 0.647. The summed E-state index contributed by atoms with van der Waals surface area (Å²) in [5.74, 6) is 0.766. The number of rotatable bonds is 2. The lowest BCUT2D eigenvalue weighted by Gasteiger charge is -2.02. The predicted molar refractivity (Wildman–Crippen MR) is 51.7 cm³/mol. The lowest BCUT2D eigenvalue weighted by atomic mass is 10.0. The molecular weight excluding hydrogens is 132 g/mol. The van der Waals surface area contributed by atoms with Crippen LogP contribution in [0.1, 0.15) is 26.8 Å². The van der Waals surface area contributed by atoms with Crippen molar-refractivity contribution in [2.24, 2.45) is 5.92 Å². The van der Waals surface area contributed by atoms with Gasteiger partial charge in [0.2, 0.25) is 0 Å². The molecule has 0 aliphatic rings. The highest BCUT2D eigenvalue weighted by Gasteiger charge is 1.94. The molecule has 0 bridgehead atoms. The molecule has 1 aromatic rings. The average Bonchev–Trinajstić information content (AvgIpc) is 1.88. The summed E-state index contributed by atoms with van der Waals surface area (Å²) < 4.78 is 0. The van der Waals surface area contributed by atoms with Gasteiger partial charge in [0.25, 0.3) is 0 Å². The molecule has 0 unspecified atom stereocenters. The molecular formula is C11H18. The highest BCUT2D eigenvalue weighted by atomic mass is 14.0. The first-order valence-corrected chi connectivity index (χ1v) is 3.83. The summed E-state index contributed by atoms with van der Waals surface area (Å²) in [7, 11) is 0. The zero-order valence-electron chi connectivity index (χ0n) is 6.67. The van der Waals surface area contributed by atoms with Gasteiger partial charge < -0.3 is 0 Å². The van der Waals surface area contributed by atoms with Gasteiger partial charge in [0.05, 0.1) is 0 Å². The van der Waals surface area contributed by atoms with E-state index in [2.05, 4.69) is 44.2 Å². The Kier molecular flexibility index (Phi) is 4.60. The Morgan fingerprint density at radius 3 is 2.09 bits per heavy atom. The van der Waals surface area contributed by atoms with Crippen LogP contribution in [0.15, 0.2) is 30.3 Å². The minimum Gasteiger partial charge on any atom is -0.0776 e. The third-order valence-corrected chi connectivity index (χ3v) is 1.49. The summed E-state index contributed by atoms with van der Waals surface area (Å²) in [6.45, 7) is 4.49. The van der Waals surface area contributed by atoms with E-state index in [9.17, 15) is 0 Å². The number of benzene rings is 1. The van der Waals surface area contributed by atoms with Gasteiger partial charge in [-0.15, -0.1) is 0 Å². The molecule has 0 aliphatic carbocycles. The molecule has 0 aliphatic heterocycles. The van der Waals surface area contributed by atoms with Crippen LogP contribution in [0.25, 0.3) is 0 Å². The van der Waals surface area contributed by atoms with Gasteiger partial charge in [-0.2, -0.15) is 0 Å². The molecule has 0 heteroatoms. The van der Waals surface area contributed by atoms with Gasteiger partial charge >= 0.3 is 0 Å². The van der Waals surface area contributed by atoms with Crippen LogP contribution in [0.3, 0.4) is 0 Å². The second-order valence-corrected chi connectivity index (χ2v) is 3.08. The normalized spacial score (nSPS) is 9.36. The third-order valence-electron chi connectivity index (χ3n) is 1.49. The fraction of sp³-hybridized carbons (Fsp3) is 0.455. The van der Waals surface area contributed by atoms with E-state index in [1.54, 1.807) is 0 Å². The van der Waals surface area contributed by atoms with Crippen molar-refractivity contribution in [1.82, 2.24) is 0 Å². The molecule has 0 nitrogen and oxygen atoms in total. The molecule has 0 saturated carbocycles. The highest BCUT2D eigenvalue weighted by molar-refractivity contribution is 5.14. The Labute approximate surface area is 70.3 Å². The van der Waals surface area contributed by atoms with Gasteiger partial charge in [-0.25, -0.2) is 0 Å². The van der Waals surface area contributed by atoms with Crippen LogP contribution in [-0.4, -0.2) is 0 Å². The van der Waals surface area contributed by atoms with E-state index in [1.165, 1.54) is 12.0 Å². The van der Waals surface area contributed by atoms with E-state index in [-0.39, 0.29) is 7.43 Å². The molecule has 62 valence electrons. The van der Waals surface area contributed by atoms with E-state index in [0.29, 0.717) is 0 Å². The van der Waals surface area contributed by atoms with Crippen LogP contribution in [-0.2, 0) is 6.42 Å². The summed E-state index contributed by atoms with van der Waals surface area (Å²) >= 11 is 0. The summed E-state index contributed by atoms with van der Waals surface area (Å²) in [6, 6.07) is 10.6. The van der Waals surface area contributed by atoms with Gasteiger partial charge in [-0.1, -0.05) is 51.6 Å². The summed E-state index contributed by atoms with van der Waals surface area (Å²) in [6.07, 6.45) is 1.20. The predicted octanol–water partition coefficient (Wildman–Crippen LogP) is 3.52. The van der Waals surface area contributed by atoms with E-state index >= 15 is 0 Å². The SMILES string of the molecule is C.CC(C)Cc1ccccc1. The van der Waals surface area contributed by atoms with E-state index in [1.807, 2.05) is 0 Å². The molecule has 0 aromatic heterocycles. The fourth-order valence-corrected chi connectivity index (χ4v) is 1.09. The minimum atomic E-state index is 0. The topological polar surface area (TPSA) is 0 Å². The van der Waals surface area contributed by atoms with Crippen molar-refractivity contribution in [1.29, 1.82) is 0 Å². The largest absolute Gasteiger partial charge is 0.0776 e. The number of hydrogen-bond acceptors (Lipinski definition) is 0. The van der Waals surface area contributed by atoms with Crippen molar-refractivity contribution in [2.45, 2.75) is 27.7 Å². The smallest absolute Gasteiger partial charge is 0.0256 e. The zero-order chi connectivity index (χ0) is 7.40. The first kappa shape index (κ1) is 10.2. The van der Waals surface area contributed by atoms with E-state index < -0.39 is 0 Å². The van der Waals surface area contributed by atoms with Gasteiger partial charge in [0.15, 0.2) is 0 Å². The second-order valence-electron chi connectivity index (χ2n) is 3.08. The van der Waals surface area contributed by atoms with Crippen LogP contribution < -0.4 is 0 Å². The first-order chi connectivity index (χ1) is 4.79. The summed E-state index contributed by atoms with van der Waals surface area (Å²) in [5.41, 5.74) is 1.44. The maximum absolute atomic E-state index is 2.24. The maximum Gasteiger partial charge on any atom is -0.0256 e. The summed E-state index contributed by atoms with van der Waals surface area (Å²) in [5, 5.41) is 0. The highest BCUT2D eigenvalue weighted by Crippen LogP contribution is 2.05. The average molecular weight is 150 g/mol. The van der Waals surface area contributed by atoms with Crippen molar-refractivity contribution >= 4 is 0 Å². The van der Waals surface area contributed by atoms with Gasteiger partial charge in [-0.05, 0) is 17.9 Å². The molecule has 0 amide bonds. The van der Waals surface area contributed by atoms with Crippen LogP contribution in [0.4, 0.5) is 0 Å². The van der Waals surface area contributed by atoms with Crippen molar-refractivity contribution < 1.29 is 0 Å². The van der Waals surface area contributed by atoms with E-state index in [0.717, 1.165) is 5.92 Å². The fourth-order valence-electron chi connectivity index (χ4n) is 1.09. The first-order valence-electron chi connectivity index (χ1n) is 3.83. The molecule has 0 fully saturated rings. The van der Waals surface area contributed by atoms with Crippen molar-refractivity contribution in [3.05, 3.63) is 35.9 Å². The summed E-state index contributed by atoms with van der Waals surface area (Å²) in [4.78, 5) is 0. The Morgan fingerprint density at radius 2 is 1.64 bits per heavy atom. The molecule has 11 heavy (non-hydrogen) atoms. The van der Waals surface area contributed by atoms with E-state index in [4.69, 9.17) is 0 Å². The third kappa shape index (κ3) is 3.82.